The lowest BCUT2D eigenvalue weighted by Gasteiger charge is -2.28. The van der Waals surface area contributed by atoms with Crippen molar-refractivity contribution in [2.45, 2.75) is 15.8 Å². The summed E-state index contributed by atoms with van der Waals surface area (Å²) >= 11 is 0. The van der Waals surface area contributed by atoms with Crippen molar-refractivity contribution in [2.24, 2.45) is 0 Å². The van der Waals surface area contributed by atoms with Crippen LogP contribution in [0.3, 0.4) is 0 Å². The van der Waals surface area contributed by atoms with Crippen LogP contribution in [0.25, 0.3) is 0 Å². The number of nitro benzene ring substituents is 2. The highest BCUT2D eigenvalue weighted by Gasteiger charge is 2.45. The Balaban J connectivity index is 2.29. The number of methoxy groups -OCH3 is 1. The first-order valence-corrected chi connectivity index (χ1v) is 13.3. The minimum absolute atomic E-state index is 0.000175. The van der Waals surface area contributed by atoms with Crippen molar-refractivity contribution in [1.82, 2.24) is 3.71 Å². The van der Waals surface area contributed by atoms with Crippen molar-refractivity contribution < 1.29 is 40.6 Å². The summed E-state index contributed by atoms with van der Waals surface area (Å²) in [6, 6.07) is 9.44. The van der Waals surface area contributed by atoms with Gasteiger partial charge in [-0.25, -0.2) is 26.0 Å². The first-order valence-electron chi connectivity index (χ1n) is 10.4. The van der Waals surface area contributed by atoms with Gasteiger partial charge in [-0.2, -0.15) is 0 Å². The number of carbonyl (C=O) groups excluding carboxylic acids is 1. The summed E-state index contributed by atoms with van der Waals surface area (Å²) in [5.74, 6) is -0.767. The third-order valence-corrected chi connectivity index (χ3v) is 9.68. The Morgan fingerprint density at radius 3 is 1.97 bits per heavy atom. The number of esters is 1. The molecule has 16 heteroatoms. The molecule has 0 fully saturated rings. The monoisotopic (exact) mass is 567 g/mol. The normalized spacial score (nSPS) is 12.6. The highest BCUT2D eigenvalue weighted by Crippen LogP contribution is 2.37. The Kier molecular flexibility index (Phi) is 8.19. The van der Waals surface area contributed by atoms with Crippen molar-refractivity contribution in [3.8, 4) is 0 Å². The lowest BCUT2D eigenvalue weighted by molar-refractivity contribution is -0.387. The zero-order chi connectivity index (χ0) is 28.3. The molecule has 0 saturated heterocycles. The molecule has 38 heavy (non-hydrogen) atoms. The van der Waals surface area contributed by atoms with Gasteiger partial charge < -0.3 is 4.74 Å². The van der Waals surface area contributed by atoms with E-state index in [1.807, 2.05) is 0 Å². The number of carbonyl (C=O) groups is 1. The Bertz CT molecular complexity index is 1590. The van der Waals surface area contributed by atoms with Gasteiger partial charge in [-0.1, -0.05) is 28.0 Å². The second kappa shape index (κ2) is 11.0. The molecule has 200 valence electrons. The van der Waals surface area contributed by atoms with Crippen molar-refractivity contribution in [3.05, 3.63) is 104 Å². The van der Waals surface area contributed by atoms with Crippen LogP contribution in [-0.4, -0.2) is 50.1 Å². The van der Waals surface area contributed by atoms with Gasteiger partial charge >= 0.3 is 5.97 Å². The van der Waals surface area contributed by atoms with Crippen molar-refractivity contribution in [1.29, 1.82) is 0 Å². The van der Waals surface area contributed by atoms with E-state index in [0.717, 1.165) is 79.9 Å². The van der Waals surface area contributed by atoms with E-state index in [9.17, 15) is 46.2 Å². The van der Waals surface area contributed by atoms with Crippen molar-refractivity contribution in [2.75, 3.05) is 13.8 Å². The lowest BCUT2D eigenvalue weighted by atomic mass is 10.1. The number of nitrogens with zero attached hydrogens (tertiary/aromatic N) is 3. The molecule has 0 radical (unpaired) electrons. The van der Waals surface area contributed by atoms with E-state index < -0.39 is 69.7 Å². The van der Waals surface area contributed by atoms with Crippen LogP contribution in [0.4, 0.5) is 15.8 Å². The number of alkyl halides is 1. The maximum absolute atomic E-state index is 14.6. The molecule has 1 unspecified atom stereocenters. The van der Waals surface area contributed by atoms with Crippen LogP contribution in [0.15, 0.2) is 82.6 Å². The highest BCUT2D eigenvalue weighted by molar-refractivity contribution is 8.04. The quantitative estimate of drug-likeness (QED) is 0.200. The number of non-ortho nitro benzene ring substituents is 1. The molecule has 0 aromatic heterocycles. The molecule has 3 rings (SSSR count). The molecule has 0 saturated carbocycles. The Morgan fingerprint density at radius 1 is 0.895 bits per heavy atom. The maximum atomic E-state index is 14.6. The minimum atomic E-state index is -5.36. The standard InChI is InChI=1S/C22H18FN3O10S2/c1-36-22(27)16-8-6-15(7-9-16)20(14-23)26(37(32,33)18-12-10-17(11-13-18)24(28)29)38(34,35)21-5-3-2-4-19(21)25(30)31/h2-13,20H,14H2,1H3. The second-order valence-corrected chi connectivity index (χ2v) is 11.3. The number of halogens is 1. The molecule has 0 spiro atoms. The number of benzene rings is 3. The molecule has 0 N–H and O–H groups in total. The summed E-state index contributed by atoms with van der Waals surface area (Å²) in [5.41, 5.74) is -1.68. The first-order chi connectivity index (χ1) is 17.9. The molecule has 0 aliphatic heterocycles. The van der Waals surface area contributed by atoms with Crippen LogP contribution in [0, 0.1) is 20.2 Å². The fraction of sp³-hybridized carbons (Fsp3) is 0.136. The molecule has 1 atom stereocenters. The van der Waals surface area contributed by atoms with Crippen LogP contribution >= 0.6 is 0 Å². The number of para-hydroxylation sites is 1. The third kappa shape index (κ3) is 5.36. The molecule has 0 aliphatic rings. The van der Waals surface area contributed by atoms with E-state index in [1.54, 1.807) is 0 Å². The lowest BCUT2D eigenvalue weighted by Crippen LogP contribution is -2.41. The Hall–Kier alpha value is -4.28. The number of nitro groups is 2. The zero-order valence-electron chi connectivity index (χ0n) is 19.3. The van der Waals surface area contributed by atoms with E-state index in [0.29, 0.717) is 0 Å². The summed E-state index contributed by atoms with van der Waals surface area (Å²) in [6.07, 6.45) is 0. The molecular weight excluding hydrogens is 549 g/mol. The summed E-state index contributed by atoms with van der Waals surface area (Å²) in [5, 5.41) is 22.5. The first kappa shape index (κ1) is 28.3. The topological polar surface area (TPSA) is 184 Å². The smallest absolute Gasteiger partial charge is 0.337 e. The Morgan fingerprint density at radius 2 is 1.47 bits per heavy atom. The molecule has 0 heterocycles. The largest absolute Gasteiger partial charge is 0.465 e. The molecule has 3 aromatic carbocycles. The van der Waals surface area contributed by atoms with E-state index >= 15 is 0 Å². The number of sulfonamides is 2. The maximum Gasteiger partial charge on any atom is 0.337 e. The van der Waals surface area contributed by atoms with Crippen LogP contribution in [0.2, 0.25) is 0 Å². The predicted molar refractivity (Wildman–Crippen MR) is 129 cm³/mol. The van der Waals surface area contributed by atoms with Gasteiger partial charge in [0, 0.05) is 18.2 Å². The summed E-state index contributed by atoms with van der Waals surface area (Å²) < 4.78 is 73.7. The minimum Gasteiger partial charge on any atom is -0.465 e. The van der Waals surface area contributed by atoms with Gasteiger partial charge in [0.25, 0.3) is 31.4 Å². The molecule has 0 amide bonds. The average molecular weight is 568 g/mol. The zero-order valence-corrected chi connectivity index (χ0v) is 21.0. The molecule has 13 nitrogen and oxygen atoms in total. The molecule has 0 aliphatic carbocycles. The SMILES string of the molecule is COC(=O)c1ccc(C(CF)N(S(=O)(=O)c2ccc([N+](=O)[O-])cc2)S(=O)(=O)c2ccccc2[N+](=O)[O-])cc1. The second-order valence-electron chi connectivity index (χ2n) is 7.50. The van der Waals surface area contributed by atoms with E-state index in [4.69, 9.17) is 0 Å². The fourth-order valence-electron chi connectivity index (χ4n) is 3.46. The highest BCUT2D eigenvalue weighted by atomic mass is 32.3. The number of rotatable bonds is 10. The van der Waals surface area contributed by atoms with Crippen molar-refractivity contribution in [3.63, 3.8) is 0 Å². The van der Waals surface area contributed by atoms with Gasteiger partial charge in [0.1, 0.15) is 6.67 Å². The van der Waals surface area contributed by atoms with Gasteiger partial charge in [-0.3, -0.25) is 20.2 Å². The number of hydrogen-bond donors (Lipinski definition) is 0. The van der Waals surface area contributed by atoms with E-state index in [1.165, 1.54) is 0 Å². The van der Waals surface area contributed by atoms with Crippen molar-refractivity contribution >= 4 is 37.4 Å². The van der Waals surface area contributed by atoms with Gasteiger partial charge in [0.15, 0.2) is 4.90 Å². The Labute approximate surface area is 215 Å². The molecular formula is C22H18FN3O10S2. The van der Waals surface area contributed by atoms with Gasteiger partial charge in [0.2, 0.25) is 0 Å². The molecule has 0 bridgehead atoms. The summed E-state index contributed by atoms with van der Waals surface area (Å²) in [4.78, 5) is 30.6. The third-order valence-electron chi connectivity index (χ3n) is 5.28. The number of ether oxygens (including phenoxy) is 1. The van der Waals surface area contributed by atoms with Crippen LogP contribution < -0.4 is 0 Å². The van der Waals surface area contributed by atoms with Gasteiger partial charge in [-0.15, -0.1) is 0 Å². The van der Waals surface area contributed by atoms with E-state index in [-0.39, 0.29) is 14.8 Å². The molecule has 3 aromatic rings. The predicted octanol–water partition coefficient (Wildman–Crippen LogP) is 3.38. The average Bonchev–Trinajstić information content (AvgIpc) is 2.91. The number of hydrogen-bond acceptors (Lipinski definition) is 10. The van der Waals surface area contributed by atoms with Crippen LogP contribution in [-0.2, 0) is 24.8 Å². The fourth-order valence-corrected chi connectivity index (χ4v) is 7.56. The summed E-state index contributed by atoms with van der Waals surface area (Å²) in [7, 11) is -9.47. The van der Waals surface area contributed by atoms with Gasteiger partial charge in [0.05, 0.1) is 33.5 Å². The summed E-state index contributed by atoms with van der Waals surface area (Å²) in [6.45, 7) is -1.61. The van der Waals surface area contributed by atoms with E-state index in [2.05, 4.69) is 4.74 Å². The van der Waals surface area contributed by atoms with Crippen LogP contribution in [0.5, 0.6) is 0 Å². The van der Waals surface area contributed by atoms with Crippen LogP contribution in [0.1, 0.15) is 22.0 Å². The van der Waals surface area contributed by atoms with Gasteiger partial charge in [-0.05, 0) is 35.9 Å².